The maximum Gasteiger partial charge on any atom is 0.338 e. The number of aliphatic imine (C=N–C) groups is 1. The molecule has 0 amide bonds. The second-order valence-corrected chi connectivity index (χ2v) is 10.7. The maximum absolute atomic E-state index is 12.9. The zero-order valence-corrected chi connectivity index (χ0v) is 22.0. The van der Waals surface area contributed by atoms with Crippen molar-refractivity contribution >= 4 is 11.7 Å². The quantitative estimate of drug-likeness (QED) is 0.484. The van der Waals surface area contributed by atoms with Crippen LogP contribution >= 0.6 is 0 Å². The molecule has 0 N–H and O–H groups in total. The summed E-state index contributed by atoms with van der Waals surface area (Å²) in [5, 5.41) is 0. The van der Waals surface area contributed by atoms with Gasteiger partial charge >= 0.3 is 5.97 Å². The number of hydrogen-bond donors (Lipinski definition) is 0. The second-order valence-electron chi connectivity index (χ2n) is 10.7. The summed E-state index contributed by atoms with van der Waals surface area (Å²) in [4.78, 5) is 34.7. The van der Waals surface area contributed by atoms with Gasteiger partial charge in [-0.05, 0) is 70.9 Å². The van der Waals surface area contributed by atoms with E-state index in [1.54, 1.807) is 38.4 Å². The van der Waals surface area contributed by atoms with Gasteiger partial charge in [0.1, 0.15) is 11.4 Å². The van der Waals surface area contributed by atoms with Crippen LogP contribution in [0.2, 0.25) is 0 Å². The third-order valence-electron chi connectivity index (χ3n) is 6.59. The molecule has 192 valence electrons. The van der Waals surface area contributed by atoms with E-state index in [1.165, 1.54) is 16.8 Å². The van der Waals surface area contributed by atoms with Gasteiger partial charge in [-0.3, -0.25) is 14.4 Å². The van der Waals surface area contributed by atoms with Crippen molar-refractivity contribution in [3.8, 4) is 17.3 Å². The highest BCUT2D eigenvalue weighted by Gasteiger charge is 2.39. The molecule has 2 aliphatic rings. The highest BCUT2D eigenvalue weighted by atomic mass is 16.5. The molecule has 2 aliphatic heterocycles. The smallest absolute Gasteiger partial charge is 0.338 e. The molecule has 0 unspecified atom stereocenters. The normalized spacial score (nSPS) is 16.8. The largest absolute Gasteiger partial charge is 0.493 e. The lowest BCUT2D eigenvalue weighted by molar-refractivity contribution is 0.0526. The number of rotatable bonds is 5. The van der Waals surface area contributed by atoms with Crippen LogP contribution in [0.4, 0.5) is 0 Å². The number of ether oxygens (including phenoxy) is 3. The molecule has 0 aliphatic carbocycles. The third-order valence-corrected chi connectivity index (χ3v) is 6.59. The third kappa shape index (κ3) is 4.52. The first-order valence-corrected chi connectivity index (χ1v) is 12.4. The number of pyridine rings is 2. The fraction of sp³-hybridized carbons (Fsp3) is 0.379. The van der Waals surface area contributed by atoms with Gasteiger partial charge in [-0.25, -0.2) is 9.78 Å². The van der Waals surface area contributed by atoms with Crippen LogP contribution in [-0.2, 0) is 17.6 Å². The van der Waals surface area contributed by atoms with E-state index in [0.717, 1.165) is 45.9 Å². The molecular formula is C29H31N3O5. The molecule has 0 saturated carbocycles. The molecule has 0 atom stereocenters. The van der Waals surface area contributed by atoms with Gasteiger partial charge in [0.05, 0.1) is 30.5 Å². The Morgan fingerprint density at radius 3 is 2.65 bits per heavy atom. The topological polar surface area (TPSA) is 92.0 Å². The molecule has 1 aromatic carbocycles. The average Bonchev–Trinajstić information content (AvgIpc) is 3.17. The van der Waals surface area contributed by atoms with Gasteiger partial charge in [0.25, 0.3) is 5.56 Å². The zero-order valence-electron chi connectivity index (χ0n) is 22.0. The first-order valence-electron chi connectivity index (χ1n) is 12.4. The SMILES string of the molecule is CCOC(=O)c1ccnc(-n2cc(C3=NC(C)(C)Cc4cc(OC)c5c(c43)CC(C)(C)O5)ccc2=O)c1. The molecule has 8 heteroatoms. The lowest BCUT2D eigenvalue weighted by Crippen LogP contribution is -2.31. The summed E-state index contributed by atoms with van der Waals surface area (Å²) in [5.74, 6) is 1.34. The van der Waals surface area contributed by atoms with E-state index in [2.05, 4.69) is 32.7 Å². The van der Waals surface area contributed by atoms with Crippen LogP contribution < -0.4 is 15.0 Å². The molecular weight excluding hydrogens is 470 g/mol. The van der Waals surface area contributed by atoms with E-state index in [1.807, 2.05) is 6.07 Å². The lowest BCUT2D eigenvalue weighted by Gasteiger charge is -2.31. The van der Waals surface area contributed by atoms with Gasteiger partial charge in [-0.15, -0.1) is 0 Å². The highest BCUT2D eigenvalue weighted by Crippen LogP contribution is 2.47. The predicted octanol–water partition coefficient (Wildman–Crippen LogP) is 4.30. The van der Waals surface area contributed by atoms with Crippen molar-refractivity contribution < 1.29 is 19.0 Å². The molecule has 5 rings (SSSR count). The Hall–Kier alpha value is -3.94. The van der Waals surface area contributed by atoms with E-state index in [4.69, 9.17) is 19.2 Å². The lowest BCUT2D eigenvalue weighted by atomic mass is 9.81. The van der Waals surface area contributed by atoms with E-state index >= 15 is 0 Å². The van der Waals surface area contributed by atoms with Crippen LogP contribution in [0.5, 0.6) is 11.5 Å². The van der Waals surface area contributed by atoms with Crippen molar-refractivity contribution in [2.45, 2.75) is 58.6 Å². The van der Waals surface area contributed by atoms with Crippen LogP contribution in [0.3, 0.4) is 0 Å². The van der Waals surface area contributed by atoms with Gasteiger partial charge in [0.2, 0.25) is 0 Å². The Balaban J connectivity index is 1.68. The van der Waals surface area contributed by atoms with Gasteiger partial charge in [0, 0.05) is 41.6 Å². The Morgan fingerprint density at radius 2 is 1.92 bits per heavy atom. The van der Waals surface area contributed by atoms with Crippen LogP contribution in [-0.4, -0.2) is 46.1 Å². The van der Waals surface area contributed by atoms with Crippen molar-refractivity contribution in [2.75, 3.05) is 13.7 Å². The van der Waals surface area contributed by atoms with E-state index in [-0.39, 0.29) is 23.3 Å². The molecule has 3 aromatic rings. The Labute approximate surface area is 215 Å². The summed E-state index contributed by atoms with van der Waals surface area (Å²) in [6.07, 6.45) is 4.69. The number of esters is 1. The molecule has 4 heterocycles. The number of methoxy groups -OCH3 is 1. The number of nitrogens with zero attached hydrogens (tertiary/aromatic N) is 3. The van der Waals surface area contributed by atoms with E-state index < -0.39 is 5.97 Å². The molecule has 37 heavy (non-hydrogen) atoms. The predicted molar refractivity (Wildman–Crippen MR) is 141 cm³/mol. The van der Waals surface area contributed by atoms with Crippen LogP contribution in [0.25, 0.3) is 5.82 Å². The first-order chi connectivity index (χ1) is 17.5. The number of benzene rings is 1. The Bertz CT molecular complexity index is 1500. The molecule has 0 radical (unpaired) electrons. The first kappa shape index (κ1) is 24.7. The summed E-state index contributed by atoms with van der Waals surface area (Å²) in [6, 6.07) is 8.46. The van der Waals surface area contributed by atoms with Gasteiger partial charge in [0.15, 0.2) is 11.5 Å². The average molecular weight is 502 g/mol. The molecule has 0 fully saturated rings. The molecule has 2 aromatic heterocycles. The minimum Gasteiger partial charge on any atom is -0.493 e. The molecule has 0 bridgehead atoms. The zero-order chi connectivity index (χ0) is 26.5. The van der Waals surface area contributed by atoms with Gasteiger partial charge in [-0.2, -0.15) is 0 Å². The number of carbonyl (C=O) groups excluding carboxylic acids is 1. The molecule has 0 saturated heterocycles. The second kappa shape index (κ2) is 8.87. The molecule has 0 spiro atoms. The number of carbonyl (C=O) groups is 1. The molecule has 8 nitrogen and oxygen atoms in total. The maximum atomic E-state index is 12.9. The van der Waals surface area contributed by atoms with Crippen molar-refractivity contribution in [3.63, 3.8) is 0 Å². The van der Waals surface area contributed by atoms with Crippen LogP contribution in [0, 0.1) is 0 Å². The summed E-state index contributed by atoms with van der Waals surface area (Å²) in [7, 11) is 1.66. The fourth-order valence-corrected chi connectivity index (χ4v) is 5.13. The van der Waals surface area contributed by atoms with Gasteiger partial charge < -0.3 is 14.2 Å². The minimum absolute atomic E-state index is 0.260. The summed E-state index contributed by atoms with van der Waals surface area (Å²) in [6.45, 7) is 10.3. The van der Waals surface area contributed by atoms with Crippen molar-refractivity contribution in [1.82, 2.24) is 9.55 Å². The number of fused-ring (bicyclic) bond motifs is 3. The summed E-state index contributed by atoms with van der Waals surface area (Å²) in [5.41, 5.74) is 4.11. The number of hydrogen-bond acceptors (Lipinski definition) is 7. The Kier molecular flexibility index (Phi) is 5.93. The minimum atomic E-state index is -0.463. The van der Waals surface area contributed by atoms with Crippen LogP contribution in [0.1, 0.15) is 67.2 Å². The van der Waals surface area contributed by atoms with E-state index in [0.29, 0.717) is 17.8 Å². The number of aromatic nitrogens is 2. The van der Waals surface area contributed by atoms with Crippen molar-refractivity contribution in [1.29, 1.82) is 0 Å². The van der Waals surface area contributed by atoms with Crippen LogP contribution in [0.15, 0.2) is 52.5 Å². The van der Waals surface area contributed by atoms with Crippen molar-refractivity contribution in [2.24, 2.45) is 4.99 Å². The highest BCUT2D eigenvalue weighted by molar-refractivity contribution is 6.16. The summed E-state index contributed by atoms with van der Waals surface area (Å²) >= 11 is 0. The standard InChI is InChI=1S/C29H31N3O5/c1-7-36-27(34)17-10-11-30-22(13-17)32-16-18(8-9-23(32)33)25-24-19(14-28(2,3)31-25)12-21(35-6)26-20(24)15-29(4,5)37-26/h8-13,16H,7,14-15H2,1-6H3. The fourth-order valence-electron chi connectivity index (χ4n) is 5.13. The van der Waals surface area contributed by atoms with E-state index in [9.17, 15) is 9.59 Å². The van der Waals surface area contributed by atoms with Crippen molar-refractivity contribution in [3.05, 3.63) is 80.9 Å². The summed E-state index contributed by atoms with van der Waals surface area (Å²) < 4.78 is 18.6. The monoisotopic (exact) mass is 501 g/mol. The van der Waals surface area contributed by atoms with Gasteiger partial charge in [-0.1, -0.05) is 0 Å². The Morgan fingerprint density at radius 1 is 1.14 bits per heavy atom.